The molecule has 0 aliphatic carbocycles. The molecule has 0 aliphatic rings. The van der Waals surface area contributed by atoms with Crippen molar-refractivity contribution in [1.82, 2.24) is 14.3 Å². The molecule has 1 rings (SSSR count). The predicted molar refractivity (Wildman–Crippen MR) is 69.5 cm³/mol. The molecule has 106 valence electrons. The van der Waals surface area contributed by atoms with E-state index < -0.39 is 22.8 Å². The second kappa shape index (κ2) is 4.87. The van der Waals surface area contributed by atoms with Crippen LogP contribution in [0.2, 0.25) is 0 Å². The van der Waals surface area contributed by atoms with Crippen molar-refractivity contribution in [3.05, 3.63) is 20.8 Å². The molecule has 0 fully saturated rings. The molecule has 1 aromatic rings. The van der Waals surface area contributed by atoms with Crippen LogP contribution >= 0.6 is 0 Å². The van der Waals surface area contributed by atoms with Crippen molar-refractivity contribution in [2.24, 2.45) is 14.1 Å². The van der Waals surface area contributed by atoms with Gasteiger partial charge in [0, 0.05) is 19.6 Å². The van der Waals surface area contributed by atoms with E-state index in [2.05, 4.69) is 5.10 Å². The summed E-state index contributed by atoms with van der Waals surface area (Å²) in [5, 5.41) is 12.8. The van der Waals surface area contributed by atoms with Gasteiger partial charge < -0.3 is 10.0 Å². The van der Waals surface area contributed by atoms with Crippen LogP contribution < -0.4 is 16.1 Å². The highest BCUT2D eigenvalue weighted by Crippen LogP contribution is 2.17. The topological polar surface area (TPSA) is 97.4 Å². The van der Waals surface area contributed by atoms with Crippen LogP contribution in [0.4, 0.5) is 5.82 Å². The number of carboxylic acid groups (broad SMARTS) is 1. The second-order valence-electron chi connectivity index (χ2n) is 5.24. The van der Waals surface area contributed by atoms with Gasteiger partial charge in [-0.15, -0.1) is 5.10 Å². The maximum atomic E-state index is 12.1. The van der Waals surface area contributed by atoms with Crippen molar-refractivity contribution in [1.29, 1.82) is 0 Å². The van der Waals surface area contributed by atoms with Gasteiger partial charge in [-0.1, -0.05) is 0 Å². The monoisotopic (exact) mass is 270 g/mol. The summed E-state index contributed by atoms with van der Waals surface area (Å²) in [6.45, 7) is 4.93. The fraction of sp³-hybridized carbons (Fsp3) is 0.636. The molecule has 0 aliphatic heterocycles. The molecule has 8 nitrogen and oxygen atoms in total. The van der Waals surface area contributed by atoms with Crippen LogP contribution in [0.25, 0.3) is 0 Å². The highest BCUT2D eigenvalue weighted by atomic mass is 16.4. The van der Waals surface area contributed by atoms with Crippen molar-refractivity contribution in [3.63, 3.8) is 0 Å². The zero-order valence-electron chi connectivity index (χ0n) is 11.7. The van der Waals surface area contributed by atoms with Crippen molar-refractivity contribution in [3.8, 4) is 0 Å². The van der Waals surface area contributed by atoms with Gasteiger partial charge in [-0.25, -0.2) is 9.48 Å². The van der Waals surface area contributed by atoms with E-state index in [1.165, 1.54) is 19.0 Å². The van der Waals surface area contributed by atoms with E-state index in [9.17, 15) is 14.4 Å². The first-order valence-electron chi connectivity index (χ1n) is 5.69. The van der Waals surface area contributed by atoms with E-state index in [1.54, 1.807) is 20.8 Å². The van der Waals surface area contributed by atoms with Crippen molar-refractivity contribution >= 4 is 11.8 Å². The Bertz CT molecular complexity index is 609. The Labute approximate surface area is 109 Å². The lowest BCUT2D eigenvalue weighted by Gasteiger charge is -2.34. The van der Waals surface area contributed by atoms with Gasteiger partial charge in [0.05, 0.1) is 0 Å². The van der Waals surface area contributed by atoms with Crippen LogP contribution in [0, 0.1) is 0 Å². The van der Waals surface area contributed by atoms with Gasteiger partial charge >= 0.3 is 11.7 Å². The van der Waals surface area contributed by atoms with Crippen LogP contribution in [0.3, 0.4) is 0 Å². The average molecular weight is 270 g/mol. The van der Waals surface area contributed by atoms with Gasteiger partial charge in [0.1, 0.15) is 6.54 Å². The molecule has 19 heavy (non-hydrogen) atoms. The van der Waals surface area contributed by atoms with Gasteiger partial charge in [-0.2, -0.15) is 0 Å². The summed E-state index contributed by atoms with van der Waals surface area (Å²) < 4.78 is 1.92. The molecule has 0 amide bonds. The summed E-state index contributed by atoms with van der Waals surface area (Å²) in [5.41, 5.74) is -1.79. The Morgan fingerprint density at radius 1 is 1.32 bits per heavy atom. The molecule has 0 saturated heterocycles. The van der Waals surface area contributed by atoms with Crippen molar-refractivity contribution in [2.45, 2.75) is 26.3 Å². The number of carbonyl (C=O) groups is 1. The summed E-state index contributed by atoms with van der Waals surface area (Å²) in [4.78, 5) is 35.9. The van der Waals surface area contributed by atoms with Gasteiger partial charge in [-0.3, -0.25) is 14.2 Å². The summed E-state index contributed by atoms with van der Waals surface area (Å²) in [5.74, 6) is -1.13. The van der Waals surface area contributed by atoms with E-state index >= 15 is 0 Å². The second-order valence-corrected chi connectivity index (χ2v) is 5.24. The molecule has 1 N–H and O–H groups in total. The Balaban J connectivity index is 3.52. The largest absolute Gasteiger partial charge is 0.480 e. The van der Waals surface area contributed by atoms with Crippen molar-refractivity contribution in [2.75, 3.05) is 11.4 Å². The Kier molecular flexibility index (Phi) is 3.83. The van der Waals surface area contributed by atoms with E-state index in [0.717, 1.165) is 9.25 Å². The molecule has 1 heterocycles. The molecule has 0 bridgehead atoms. The van der Waals surface area contributed by atoms with Crippen LogP contribution in [0.1, 0.15) is 20.8 Å². The number of rotatable bonds is 3. The Morgan fingerprint density at radius 2 is 1.84 bits per heavy atom. The first-order chi connectivity index (χ1) is 8.55. The quantitative estimate of drug-likeness (QED) is 0.769. The lowest BCUT2D eigenvalue weighted by atomic mass is 10.1. The fourth-order valence-corrected chi connectivity index (χ4v) is 1.62. The molecule has 8 heteroatoms. The standard InChI is InChI=1S/C11H18N4O4/c1-11(2,3)15(6-7(16)17)8-9(18)13(4)10(19)14(5)12-8/h6H2,1-5H3,(H,16,17). The summed E-state index contributed by atoms with van der Waals surface area (Å²) in [6.07, 6.45) is 0. The molecule has 0 radical (unpaired) electrons. The third-order valence-electron chi connectivity index (χ3n) is 2.66. The van der Waals surface area contributed by atoms with Crippen molar-refractivity contribution < 1.29 is 9.90 Å². The minimum atomic E-state index is -1.08. The number of hydrogen-bond acceptors (Lipinski definition) is 5. The molecule has 0 spiro atoms. The molecule has 0 saturated carbocycles. The van der Waals surface area contributed by atoms with Crippen LogP contribution in [-0.2, 0) is 18.9 Å². The summed E-state index contributed by atoms with van der Waals surface area (Å²) in [6, 6.07) is 0. The molecule has 0 unspecified atom stereocenters. The molecular weight excluding hydrogens is 252 g/mol. The SMILES string of the molecule is Cn1nc(N(CC(=O)O)C(C)(C)C)c(=O)n(C)c1=O. The normalized spacial score (nSPS) is 11.4. The fourth-order valence-electron chi connectivity index (χ4n) is 1.62. The van der Waals surface area contributed by atoms with Gasteiger partial charge in [0.15, 0.2) is 0 Å². The zero-order chi connectivity index (χ0) is 15.0. The van der Waals surface area contributed by atoms with E-state index in [-0.39, 0.29) is 12.4 Å². The number of aliphatic carboxylic acids is 1. The average Bonchev–Trinajstić information content (AvgIpc) is 2.27. The van der Waals surface area contributed by atoms with Crippen LogP contribution in [0.5, 0.6) is 0 Å². The lowest BCUT2D eigenvalue weighted by Crippen LogP contribution is -2.51. The van der Waals surface area contributed by atoms with Gasteiger partial charge in [0.25, 0.3) is 5.56 Å². The number of aryl methyl sites for hydroxylation is 1. The minimum Gasteiger partial charge on any atom is -0.480 e. The third kappa shape index (κ3) is 3.01. The Morgan fingerprint density at radius 3 is 2.26 bits per heavy atom. The number of hydrogen-bond donors (Lipinski definition) is 1. The smallest absolute Gasteiger partial charge is 0.346 e. The maximum Gasteiger partial charge on any atom is 0.346 e. The number of aromatic nitrogens is 3. The summed E-state index contributed by atoms with van der Waals surface area (Å²) in [7, 11) is 2.74. The molecule has 0 aromatic carbocycles. The number of anilines is 1. The van der Waals surface area contributed by atoms with Gasteiger partial charge in [-0.05, 0) is 20.8 Å². The first-order valence-corrected chi connectivity index (χ1v) is 5.69. The van der Waals surface area contributed by atoms with E-state index in [1.807, 2.05) is 0 Å². The highest BCUT2D eigenvalue weighted by Gasteiger charge is 2.28. The zero-order valence-corrected chi connectivity index (χ0v) is 11.7. The third-order valence-corrected chi connectivity index (χ3v) is 2.66. The molecule has 0 atom stereocenters. The highest BCUT2D eigenvalue weighted by molar-refractivity contribution is 5.73. The van der Waals surface area contributed by atoms with Gasteiger partial charge in [0.2, 0.25) is 5.82 Å². The predicted octanol–water partition coefficient (Wildman–Crippen LogP) is -0.831. The lowest BCUT2D eigenvalue weighted by molar-refractivity contribution is -0.135. The Hall–Kier alpha value is -2.12. The number of nitrogens with zero attached hydrogens (tertiary/aromatic N) is 4. The maximum absolute atomic E-state index is 12.1. The molecule has 1 aromatic heterocycles. The summed E-state index contributed by atoms with van der Waals surface area (Å²) >= 11 is 0. The minimum absolute atomic E-state index is 0.0560. The van der Waals surface area contributed by atoms with Crippen LogP contribution in [0.15, 0.2) is 9.59 Å². The van der Waals surface area contributed by atoms with E-state index in [0.29, 0.717) is 0 Å². The molecular formula is C11H18N4O4. The van der Waals surface area contributed by atoms with Crippen LogP contribution in [-0.4, -0.2) is 37.5 Å². The van der Waals surface area contributed by atoms with E-state index in [4.69, 9.17) is 5.11 Å². The number of carboxylic acids is 1. The first kappa shape index (κ1) is 14.9.